The summed E-state index contributed by atoms with van der Waals surface area (Å²) in [5.41, 5.74) is 1.40. The Balaban J connectivity index is 2.15. The largest absolute Gasteiger partial charge is 0.271 e. The Morgan fingerprint density at radius 2 is 2.05 bits per heavy atom. The Kier molecular flexibility index (Phi) is 4.09. The van der Waals surface area contributed by atoms with Gasteiger partial charge in [-0.15, -0.1) is 0 Å². The van der Waals surface area contributed by atoms with E-state index in [4.69, 9.17) is 0 Å². The van der Waals surface area contributed by atoms with Crippen LogP contribution in [-0.4, -0.2) is 30.1 Å². The summed E-state index contributed by atoms with van der Waals surface area (Å²) >= 11 is 3.43. The van der Waals surface area contributed by atoms with Crippen LogP contribution in [0.4, 0.5) is 0 Å². The van der Waals surface area contributed by atoms with Crippen LogP contribution in [0.2, 0.25) is 0 Å². The van der Waals surface area contributed by atoms with Gasteiger partial charge in [-0.2, -0.15) is 5.10 Å². The van der Waals surface area contributed by atoms with Crippen molar-refractivity contribution in [2.75, 3.05) is 11.9 Å². The van der Waals surface area contributed by atoms with Gasteiger partial charge in [-0.3, -0.25) is 4.68 Å². The second kappa shape index (κ2) is 5.18. The SMILES string of the molecule is Cc1nn(C)c(C)c1S(=O)(=O)NCC1(CCBr)CC1. The molecule has 0 atom stereocenters. The van der Waals surface area contributed by atoms with E-state index in [1.807, 2.05) is 0 Å². The second-order valence-electron chi connectivity index (χ2n) is 5.39. The lowest BCUT2D eigenvalue weighted by atomic mass is 10.1. The molecule has 1 heterocycles. The molecule has 2 rings (SSSR count). The zero-order chi connectivity index (χ0) is 14.3. The highest BCUT2D eigenvalue weighted by atomic mass is 79.9. The summed E-state index contributed by atoms with van der Waals surface area (Å²) in [4.78, 5) is 0.324. The van der Waals surface area contributed by atoms with E-state index in [1.165, 1.54) is 0 Å². The Morgan fingerprint density at radius 1 is 1.42 bits per heavy atom. The molecule has 1 aromatic rings. The van der Waals surface area contributed by atoms with E-state index in [2.05, 4.69) is 25.8 Å². The summed E-state index contributed by atoms with van der Waals surface area (Å²) in [7, 11) is -1.70. The van der Waals surface area contributed by atoms with Crippen molar-refractivity contribution in [2.24, 2.45) is 12.5 Å². The van der Waals surface area contributed by atoms with E-state index in [0.29, 0.717) is 22.8 Å². The third-order valence-corrected chi connectivity index (χ3v) is 5.98. The van der Waals surface area contributed by atoms with Crippen LogP contribution < -0.4 is 4.72 Å². The maximum Gasteiger partial charge on any atom is 0.244 e. The summed E-state index contributed by atoms with van der Waals surface area (Å²) in [6.45, 7) is 4.03. The number of aryl methyl sites for hydroxylation is 2. The highest BCUT2D eigenvalue weighted by Gasteiger charge is 2.42. The summed E-state index contributed by atoms with van der Waals surface area (Å²) in [6, 6.07) is 0. The highest BCUT2D eigenvalue weighted by Crippen LogP contribution is 2.48. The molecule has 1 N–H and O–H groups in total. The molecule has 1 aliphatic carbocycles. The van der Waals surface area contributed by atoms with E-state index in [1.54, 1.807) is 25.6 Å². The molecule has 108 valence electrons. The summed E-state index contributed by atoms with van der Waals surface area (Å²) in [5, 5.41) is 5.08. The van der Waals surface area contributed by atoms with Crippen molar-refractivity contribution in [2.45, 2.75) is 38.0 Å². The number of aromatic nitrogens is 2. The third kappa shape index (κ3) is 3.03. The molecule has 19 heavy (non-hydrogen) atoms. The van der Waals surface area contributed by atoms with Gasteiger partial charge < -0.3 is 0 Å². The van der Waals surface area contributed by atoms with Crippen molar-refractivity contribution in [3.05, 3.63) is 11.4 Å². The molecule has 5 nitrogen and oxygen atoms in total. The van der Waals surface area contributed by atoms with Crippen LogP contribution in [-0.2, 0) is 17.1 Å². The quantitative estimate of drug-likeness (QED) is 0.797. The number of alkyl halides is 1. The molecular weight excluding hydrogens is 330 g/mol. The molecule has 1 fully saturated rings. The first-order valence-electron chi connectivity index (χ1n) is 6.37. The number of hydrogen-bond acceptors (Lipinski definition) is 3. The smallest absolute Gasteiger partial charge is 0.244 e. The zero-order valence-electron chi connectivity index (χ0n) is 11.5. The van der Waals surface area contributed by atoms with Gasteiger partial charge in [-0.1, -0.05) is 15.9 Å². The van der Waals surface area contributed by atoms with Crippen molar-refractivity contribution >= 4 is 26.0 Å². The standard InChI is InChI=1S/C12H20BrN3O2S/c1-9-11(10(2)16(3)15-9)19(17,18)14-8-12(4-5-12)6-7-13/h14H,4-8H2,1-3H3. The lowest BCUT2D eigenvalue weighted by Crippen LogP contribution is -2.31. The van der Waals surface area contributed by atoms with Crippen molar-refractivity contribution in [3.8, 4) is 0 Å². The first-order valence-corrected chi connectivity index (χ1v) is 8.98. The minimum atomic E-state index is -3.46. The van der Waals surface area contributed by atoms with E-state index >= 15 is 0 Å². The zero-order valence-corrected chi connectivity index (χ0v) is 13.9. The molecule has 0 amide bonds. The molecule has 7 heteroatoms. The molecule has 0 bridgehead atoms. The Bertz CT molecular complexity index is 576. The normalized spacial score (nSPS) is 17.7. The third-order valence-electron chi connectivity index (χ3n) is 3.93. The first kappa shape index (κ1) is 15.0. The lowest BCUT2D eigenvalue weighted by molar-refractivity contribution is 0.480. The summed E-state index contributed by atoms with van der Waals surface area (Å²) in [5.74, 6) is 0. The number of hydrogen-bond donors (Lipinski definition) is 1. The molecule has 1 aliphatic rings. The molecular formula is C12H20BrN3O2S. The maximum atomic E-state index is 12.4. The summed E-state index contributed by atoms with van der Waals surface area (Å²) in [6.07, 6.45) is 3.22. The average Bonchev–Trinajstić information content (AvgIpc) is 3.01. The molecule has 0 radical (unpaired) electrons. The van der Waals surface area contributed by atoms with Gasteiger partial charge in [0.15, 0.2) is 0 Å². The fraction of sp³-hybridized carbons (Fsp3) is 0.750. The molecule has 1 aromatic heterocycles. The predicted molar refractivity (Wildman–Crippen MR) is 77.9 cm³/mol. The van der Waals surface area contributed by atoms with Crippen LogP contribution in [0, 0.1) is 19.3 Å². The van der Waals surface area contributed by atoms with Crippen molar-refractivity contribution in [1.82, 2.24) is 14.5 Å². The fourth-order valence-electron chi connectivity index (χ4n) is 2.36. The number of rotatable bonds is 6. The van der Waals surface area contributed by atoms with E-state index in [9.17, 15) is 8.42 Å². The minimum Gasteiger partial charge on any atom is -0.271 e. The van der Waals surface area contributed by atoms with Gasteiger partial charge >= 0.3 is 0 Å². The summed E-state index contributed by atoms with van der Waals surface area (Å²) < 4.78 is 29.1. The number of sulfonamides is 1. The minimum absolute atomic E-state index is 0.167. The molecule has 1 saturated carbocycles. The molecule has 0 aliphatic heterocycles. The Labute approximate surface area is 122 Å². The van der Waals surface area contributed by atoms with Gasteiger partial charge in [0.25, 0.3) is 0 Å². The van der Waals surface area contributed by atoms with Crippen LogP contribution in [0.25, 0.3) is 0 Å². The van der Waals surface area contributed by atoms with Crippen molar-refractivity contribution in [1.29, 1.82) is 0 Å². The van der Waals surface area contributed by atoms with Gasteiger partial charge in [0.1, 0.15) is 4.90 Å². The van der Waals surface area contributed by atoms with Gasteiger partial charge in [0, 0.05) is 18.9 Å². The second-order valence-corrected chi connectivity index (χ2v) is 7.88. The Morgan fingerprint density at radius 3 is 2.47 bits per heavy atom. The van der Waals surface area contributed by atoms with Gasteiger partial charge in [-0.05, 0) is 38.5 Å². The Hall–Kier alpha value is -0.400. The van der Waals surface area contributed by atoms with Gasteiger partial charge in [-0.25, -0.2) is 13.1 Å². The van der Waals surface area contributed by atoms with E-state index < -0.39 is 10.0 Å². The topological polar surface area (TPSA) is 64.0 Å². The predicted octanol–water partition coefficient (Wildman–Crippen LogP) is 1.88. The van der Waals surface area contributed by atoms with Gasteiger partial charge in [0.2, 0.25) is 10.0 Å². The number of halogens is 1. The number of nitrogens with one attached hydrogen (secondary N) is 1. The first-order chi connectivity index (χ1) is 8.81. The van der Waals surface area contributed by atoms with Crippen LogP contribution >= 0.6 is 15.9 Å². The average molecular weight is 350 g/mol. The highest BCUT2D eigenvalue weighted by molar-refractivity contribution is 9.09. The van der Waals surface area contributed by atoms with Crippen LogP contribution in [0.5, 0.6) is 0 Å². The van der Waals surface area contributed by atoms with Crippen LogP contribution in [0.15, 0.2) is 4.90 Å². The van der Waals surface area contributed by atoms with Crippen LogP contribution in [0.3, 0.4) is 0 Å². The fourth-order valence-corrected chi connectivity index (χ4v) is 4.79. The van der Waals surface area contributed by atoms with Crippen LogP contribution in [0.1, 0.15) is 30.7 Å². The maximum absolute atomic E-state index is 12.4. The lowest BCUT2D eigenvalue weighted by Gasteiger charge is -2.14. The van der Waals surface area contributed by atoms with Gasteiger partial charge in [0.05, 0.1) is 11.4 Å². The monoisotopic (exact) mass is 349 g/mol. The molecule has 0 spiro atoms. The number of nitrogens with zero attached hydrogens (tertiary/aromatic N) is 2. The van der Waals surface area contributed by atoms with Crippen molar-refractivity contribution < 1.29 is 8.42 Å². The molecule has 0 unspecified atom stereocenters. The van der Waals surface area contributed by atoms with E-state index in [0.717, 1.165) is 24.6 Å². The molecule has 0 saturated heterocycles. The van der Waals surface area contributed by atoms with Crippen molar-refractivity contribution in [3.63, 3.8) is 0 Å². The van der Waals surface area contributed by atoms with E-state index in [-0.39, 0.29) is 5.41 Å². The molecule has 0 aromatic carbocycles.